The van der Waals surface area contributed by atoms with Crippen LogP contribution >= 0.6 is 0 Å². The van der Waals surface area contributed by atoms with Crippen LogP contribution in [0.2, 0.25) is 0 Å². The molecule has 2 rings (SSSR count). The summed E-state index contributed by atoms with van der Waals surface area (Å²) in [6, 6.07) is 7.47. The van der Waals surface area contributed by atoms with Gasteiger partial charge in [-0.3, -0.25) is 4.90 Å². The molecule has 1 aliphatic heterocycles. The van der Waals surface area contributed by atoms with Crippen molar-refractivity contribution in [3.63, 3.8) is 0 Å². The number of likely N-dealkylation sites (tertiary alicyclic amines) is 1. The normalized spacial score (nSPS) is 19.4. The van der Waals surface area contributed by atoms with Crippen molar-refractivity contribution in [2.24, 2.45) is 0 Å². The Morgan fingerprint density at radius 2 is 1.73 bits per heavy atom. The van der Waals surface area contributed by atoms with Crippen molar-refractivity contribution in [3.8, 4) is 0 Å². The van der Waals surface area contributed by atoms with Crippen LogP contribution in [-0.2, 0) is 0 Å². The number of aryl methyl sites for hydroxylation is 2. The fraction of sp³-hybridized carbons (Fsp3) is 0.571. The number of rotatable bonds is 2. The summed E-state index contributed by atoms with van der Waals surface area (Å²) < 4.78 is 0. The minimum atomic E-state index is 0.590. The van der Waals surface area contributed by atoms with E-state index in [1.165, 1.54) is 42.6 Å². The van der Waals surface area contributed by atoms with Crippen LogP contribution in [0.1, 0.15) is 42.5 Å². The second kappa shape index (κ2) is 4.36. The van der Waals surface area contributed by atoms with E-state index in [0.29, 0.717) is 6.04 Å². The van der Waals surface area contributed by atoms with Gasteiger partial charge < -0.3 is 0 Å². The predicted molar refractivity (Wildman–Crippen MR) is 65.1 cm³/mol. The molecule has 0 aromatic heterocycles. The molecule has 1 atom stereocenters. The summed E-state index contributed by atoms with van der Waals surface area (Å²) in [5, 5.41) is 0. The van der Waals surface area contributed by atoms with Gasteiger partial charge in [0, 0.05) is 6.04 Å². The van der Waals surface area contributed by atoms with Crippen LogP contribution < -0.4 is 0 Å². The number of benzene rings is 1. The Labute approximate surface area is 93.1 Å². The zero-order valence-corrected chi connectivity index (χ0v) is 10.1. The van der Waals surface area contributed by atoms with Gasteiger partial charge in [-0.15, -0.1) is 0 Å². The van der Waals surface area contributed by atoms with Crippen LogP contribution in [0.5, 0.6) is 0 Å². The minimum absolute atomic E-state index is 0.590. The van der Waals surface area contributed by atoms with Crippen LogP contribution in [0.15, 0.2) is 18.2 Å². The van der Waals surface area contributed by atoms with Crippen molar-refractivity contribution in [1.82, 2.24) is 4.90 Å². The molecule has 82 valence electrons. The van der Waals surface area contributed by atoms with Crippen molar-refractivity contribution in [1.29, 1.82) is 0 Å². The lowest BCUT2D eigenvalue weighted by Crippen LogP contribution is -2.23. The lowest BCUT2D eigenvalue weighted by Gasteiger charge is -2.24. The molecule has 1 fully saturated rings. The van der Waals surface area contributed by atoms with E-state index in [1.807, 2.05) is 0 Å². The van der Waals surface area contributed by atoms with Gasteiger partial charge in [0.1, 0.15) is 0 Å². The molecule has 1 aliphatic rings. The van der Waals surface area contributed by atoms with Gasteiger partial charge >= 0.3 is 0 Å². The molecular formula is C14H21N. The first-order valence-electron chi connectivity index (χ1n) is 5.99. The molecule has 1 nitrogen and oxygen atoms in total. The Bertz CT molecular complexity index is 337. The van der Waals surface area contributed by atoms with Gasteiger partial charge in [0.2, 0.25) is 0 Å². The van der Waals surface area contributed by atoms with Gasteiger partial charge in [0.05, 0.1) is 0 Å². The van der Waals surface area contributed by atoms with Crippen molar-refractivity contribution in [2.75, 3.05) is 13.1 Å². The Hall–Kier alpha value is -0.820. The average Bonchev–Trinajstić information content (AvgIpc) is 2.74. The van der Waals surface area contributed by atoms with Crippen LogP contribution in [0.25, 0.3) is 0 Å². The zero-order chi connectivity index (χ0) is 10.8. The van der Waals surface area contributed by atoms with Gasteiger partial charge in [-0.1, -0.05) is 18.2 Å². The highest BCUT2D eigenvalue weighted by Gasteiger charge is 2.19. The van der Waals surface area contributed by atoms with Crippen molar-refractivity contribution in [3.05, 3.63) is 34.9 Å². The highest BCUT2D eigenvalue weighted by atomic mass is 15.2. The van der Waals surface area contributed by atoms with Gasteiger partial charge in [-0.25, -0.2) is 0 Å². The predicted octanol–water partition coefficient (Wildman–Crippen LogP) is 3.46. The smallest absolute Gasteiger partial charge is 0.0319 e. The topological polar surface area (TPSA) is 3.24 Å². The van der Waals surface area contributed by atoms with E-state index >= 15 is 0 Å². The molecular weight excluding hydrogens is 182 g/mol. The van der Waals surface area contributed by atoms with Crippen molar-refractivity contribution < 1.29 is 0 Å². The first-order valence-corrected chi connectivity index (χ1v) is 5.99. The molecule has 0 saturated carbocycles. The van der Waals surface area contributed by atoms with Crippen molar-refractivity contribution >= 4 is 0 Å². The summed E-state index contributed by atoms with van der Waals surface area (Å²) in [5.41, 5.74) is 4.28. The maximum Gasteiger partial charge on any atom is 0.0319 e. The van der Waals surface area contributed by atoms with E-state index in [0.717, 1.165) is 0 Å². The highest BCUT2D eigenvalue weighted by molar-refractivity contribution is 5.31. The van der Waals surface area contributed by atoms with Crippen LogP contribution in [0.4, 0.5) is 0 Å². The van der Waals surface area contributed by atoms with Crippen LogP contribution in [-0.4, -0.2) is 18.0 Å². The molecule has 0 bridgehead atoms. The summed E-state index contributed by atoms with van der Waals surface area (Å²) >= 11 is 0. The van der Waals surface area contributed by atoms with E-state index < -0.39 is 0 Å². The highest BCUT2D eigenvalue weighted by Crippen LogP contribution is 2.25. The van der Waals surface area contributed by atoms with Gasteiger partial charge in [-0.05, 0) is 63.4 Å². The standard InChI is InChI=1S/C14H21N/c1-11-6-7-14(10-12(11)2)13(3)15-8-4-5-9-15/h6-7,10,13H,4-5,8-9H2,1-3H3. The molecule has 1 aromatic carbocycles. The lowest BCUT2D eigenvalue weighted by molar-refractivity contribution is 0.263. The van der Waals surface area contributed by atoms with Crippen molar-refractivity contribution in [2.45, 2.75) is 39.7 Å². The number of hydrogen-bond donors (Lipinski definition) is 0. The monoisotopic (exact) mass is 203 g/mol. The Morgan fingerprint density at radius 1 is 1.07 bits per heavy atom. The molecule has 1 heterocycles. The van der Waals surface area contributed by atoms with Crippen LogP contribution in [0, 0.1) is 13.8 Å². The van der Waals surface area contributed by atoms with E-state index in [9.17, 15) is 0 Å². The van der Waals surface area contributed by atoms with E-state index in [1.54, 1.807) is 0 Å². The molecule has 15 heavy (non-hydrogen) atoms. The molecule has 1 heteroatoms. The fourth-order valence-electron chi connectivity index (χ4n) is 2.36. The van der Waals surface area contributed by atoms with E-state index in [-0.39, 0.29) is 0 Å². The first-order chi connectivity index (χ1) is 7.18. The quantitative estimate of drug-likeness (QED) is 0.711. The number of hydrogen-bond acceptors (Lipinski definition) is 1. The summed E-state index contributed by atoms with van der Waals surface area (Å²) in [4.78, 5) is 2.59. The molecule has 0 spiro atoms. The SMILES string of the molecule is Cc1ccc(C(C)N2CCCC2)cc1C. The van der Waals surface area contributed by atoms with E-state index in [2.05, 4.69) is 43.9 Å². The third-order valence-electron chi connectivity index (χ3n) is 3.70. The zero-order valence-electron chi connectivity index (χ0n) is 10.1. The van der Waals surface area contributed by atoms with Crippen LogP contribution in [0.3, 0.4) is 0 Å². The second-order valence-electron chi connectivity index (χ2n) is 4.76. The summed E-state index contributed by atoms with van der Waals surface area (Å²) in [7, 11) is 0. The summed E-state index contributed by atoms with van der Waals surface area (Å²) in [6.07, 6.45) is 2.74. The van der Waals surface area contributed by atoms with E-state index in [4.69, 9.17) is 0 Å². The summed E-state index contributed by atoms with van der Waals surface area (Å²) in [5.74, 6) is 0. The maximum atomic E-state index is 2.59. The third kappa shape index (κ3) is 2.23. The minimum Gasteiger partial charge on any atom is -0.297 e. The second-order valence-corrected chi connectivity index (χ2v) is 4.76. The fourth-order valence-corrected chi connectivity index (χ4v) is 2.36. The average molecular weight is 203 g/mol. The Morgan fingerprint density at radius 3 is 2.33 bits per heavy atom. The van der Waals surface area contributed by atoms with Gasteiger partial charge in [-0.2, -0.15) is 0 Å². The lowest BCUT2D eigenvalue weighted by atomic mass is 10.0. The molecule has 1 saturated heterocycles. The Balaban J connectivity index is 2.17. The molecule has 0 amide bonds. The molecule has 1 aromatic rings. The first kappa shape index (κ1) is 10.7. The van der Waals surface area contributed by atoms with Gasteiger partial charge in [0.25, 0.3) is 0 Å². The van der Waals surface area contributed by atoms with Gasteiger partial charge in [0.15, 0.2) is 0 Å². The summed E-state index contributed by atoms with van der Waals surface area (Å²) in [6.45, 7) is 9.26. The Kier molecular flexibility index (Phi) is 3.11. The molecule has 0 N–H and O–H groups in total. The molecule has 1 unspecified atom stereocenters. The molecule has 0 aliphatic carbocycles. The maximum absolute atomic E-state index is 2.59. The number of nitrogens with zero attached hydrogens (tertiary/aromatic N) is 1. The molecule has 0 radical (unpaired) electrons. The largest absolute Gasteiger partial charge is 0.297 e. The third-order valence-corrected chi connectivity index (χ3v) is 3.70.